The lowest BCUT2D eigenvalue weighted by Gasteiger charge is -1.92. The summed E-state index contributed by atoms with van der Waals surface area (Å²) < 4.78 is 12.2. The van der Waals surface area contributed by atoms with Crippen molar-refractivity contribution >= 4 is 9.24 Å². The van der Waals surface area contributed by atoms with Crippen LogP contribution in [0, 0.1) is 0 Å². The first-order valence-electron chi connectivity index (χ1n) is 2.44. The van der Waals surface area contributed by atoms with Crippen LogP contribution in [-0.2, 0) is 0 Å². The molecule has 0 saturated heterocycles. The Morgan fingerprint density at radius 2 is 2.38 bits per heavy atom. The molecular weight excluding hydrogens is 122 g/mol. The molecule has 0 N–H and O–H groups in total. The van der Waals surface area contributed by atoms with Gasteiger partial charge < -0.3 is 0 Å². The van der Waals surface area contributed by atoms with Gasteiger partial charge in [0, 0.05) is 0 Å². The molecule has 0 aliphatic carbocycles. The van der Waals surface area contributed by atoms with Gasteiger partial charge in [-0.15, -0.1) is 15.8 Å². The average molecular weight is 132 g/mol. The first-order valence-corrected chi connectivity index (χ1v) is 3.11. The molecule has 0 rings (SSSR count). The highest BCUT2D eigenvalue weighted by Crippen LogP contribution is 2.00. The summed E-state index contributed by atoms with van der Waals surface area (Å²) in [6, 6.07) is 0. The van der Waals surface area contributed by atoms with E-state index >= 15 is 0 Å². The van der Waals surface area contributed by atoms with Gasteiger partial charge in [0.25, 0.3) is 0 Å². The maximum absolute atomic E-state index is 12.2. The Balaban J connectivity index is 3.31. The fourth-order valence-electron chi connectivity index (χ4n) is 0.358. The van der Waals surface area contributed by atoms with Gasteiger partial charge in [-0.3, -0.25) is 0 Å². The summed E-state index contributed by atoms with van der Waals surface area (Å²) in [5.74, 6) is 1.62. The Morgan fingerprint density at radius 1 is 1.75 bits per heavy atom. The van der Waals surface area contributed by atoms with Gasteiger partial charge in [0.2, 0.25) is 0 Å². The zero-order chi connectivity index (χ0) is 6.41. The smallest absolute Gasteiger partial charge is 0.122 e. The molecule has 0 aromatic carbocycles. The summed E-state index contributed by atoms with van der Waals surface area (Å²) in [5.41, 5.74) is 0. The molecule has 0 heterocycles. The second kappa shape index (κ2) is 4.99. The highest BCUT2D eigenvalue weighted by molar-refractivity contribution is 7.20. The van der Waals surface area contributed by atoms with Gasteiger partial charge in [-0.25, -0.2) is 4.39 Å². The minimum atomic E-state index is -0.856. The van der Waals surface area contributed by atoms with Crippen LogP contribution in [0.1, 0.15) is 6.42 Å². The zero-order valence-corrected chi connectivity index (χ0v) is 5.83. The summed E-state index contributed by atoms with van der Waals surface area (Å²) in [5, 5.41) is 0. The lowest BCUT2D eigenvalue weighted by atomic mass is 10.3. The van der Waals surface area contributed by atoms with Crippen molar-refractivity contribution in [3.05, 3.63) is 24.5 Å². The van der Waals surface area contributed by atoms with Gasteiger partial charge in [-0.2, -0.15) is 0 Å². The lowest BCUT2D eigenvalue weighted by molar-refractivity contribution is 0.404. The van der Waals surface area contributed by atoms with Gasteiger partial charge in [-0.05, 0) is 6.42 Å². The highest BCUT2D eigenvalue weighted by atomic mass is 31.0. The number of rotatable bonds is 3. The van der Waals surface area contributed by atoms with E-state index in [9.17, 15) is 4.39 Å². The van der Waals surface area contributed by atoms with Crippen LogP contribution < -0.4 is 0 Å². The first kappa shape index (κ1) is 7.84. The van der Waals surface area contributed by atoms with Gasteiger partial charge >= 0.3 is 0 Å². The topological polar surface area (TPSA) is 0 Å². The number of hydrogen-bond acceptors (Lipinski definition) is 0. The van der Waals surface area contributed by atoms with Crippen LogP contribution in [0.4, 0.5) is 4.39 Å². The molecule has 46 valence electrons. The predicted molar refractivity (Wildman–Crippen MR) is 38.6 cm³/mol. The summed E-state index contributed by atoms with van der Waals surface area (Å²) in [6.07, 6.45) is 2.59. The third-order valence-electron chi connectivity index (χ3n) is 0.712. The molecule has 0 fully saturated rings. The number of alkyl halides is 1. The quantitative estimate of drug-likeness (QED) is 0.408. The normalized spacial score (nSPS) is 14.2. The third-order valence-corrected chi connectivity index (χ3v) is 0.934. The molecule has 0 amide bonds. The van der Waals surface area contributed by atoms with E-state index in [-0.39, 0.29) is 0 Å². The second-order valence-electron chi connectivity index (χ2n) is 1.43. The minimum Gasteiger partial charge on any atom is -0.243 e. The molecule has 2 unspecified atom stereocenters. The molecule has 8 heavy (non-hydrogen) atoms. The molecular formula is C6H10FP. The average Bonchev–Trinajstić information content (AvgIpc) is 1.68. The monoisotopic (exact) mass is 132 g/mol. The molecule has 2 atom stereocenters. The number of allylic oxidation sites excluding steroid dienone is 2. The van der Waals surface area contributed by atoms with E-state index in [1.54, 1.807) is 11.9 Å². The van der Waals surface area contributed by atoms with E-state index in [0.29, 0.717) is 6.42 Å². The maximum Gasteiger partial charge on any atom is 0.122 e. The fourth-order valence-corrected chi connectivity index (χ4v) is 0.599. The van der Waals surface area contributed by atoms with Crippen molar-refractivity contribution in [3.8, 4) is 0 Å². The Labute approximate surface area is 51.7 Å². The largest absolute Gasteiger partial charge is 0.243 e. The first-order chi connectivity index (χ1) is 3.81. The summed E-state index contributed by atoms with van der Waals surface area (Å²) in [7, 11) is 2.32. The summed E-state index contributed by atoms with van der Waals surface area (Å²) >= 11 is 0. The van der Waals surface area contributed by atoms with Crippen molar-refractivity contribution in [2.45, 2.75) is 12.6 Å². The molecule has 0 spiro atoms. The Hall–Kier alpha value is -0.160. The Morgan fingerprint density at radius 3 is 2.75 bits per heavy atom. The van der Waals surface area contributed by atoms with Crippen LogP contribution in [0.15, 0.2) is 24.5 Å². The SMILES string of the molecule is C=CCC(F)/C=C/P. The molecule has 0 saturated carbocycles. The number of halogens is 1. The maximum atomic E-state index is 12.2. The molecule has 0 aromatic heterocycles. The van der Waals surface area contributed by atoms with E-state index in [2.05, 4.69) is 15.8 Å². The molecule has 0 aliphatic heterocycles. The molecule has 0 aliphatic rings. The molecule has 2 heteroatoms. The van der Waals surface area contributed by atoms with E-state index < -0.39 is 6.17 Å². The van der Waals surface area contributed by atoms with Crippen molar-refractivity contribution < 1.29 is 4.39 Å². The van der Waals surface area contributed by atoms with Crippen molar-refractivity contribution in [1.29, 1.82) is 0 Å². The van der Waals surface area contributed by atoms with Crippen LogP contribution in [0.3, 0.4) is 0 Å². The number of hydrogen-bond donors (Lipinski definition) is 0. The van der Waals surface area contributed by atoms with Crippen molar-refractivity contribution in [1.82, 2.24) is 0 Å². The van der Waals surface area contributed by atoms with Crippen molar-refractivity contribution in [2.24, 2.45) is 0 Å². The van der Waals surface area contributed by atoms with E-state index in [1.807, 2.05) is 0 Å². The van der Waals surface area contributed by atoms with Crippen molar-refractivity contribution in [3.63, 3.8) is 0 Å². The van der Waals surface area contributed by atoms with Gasteiger partial charge in [0.1, 0.15) is 6.17 Å². The van der Waals surface area contributed by atoms with Crippen LogP contribution in [-0.4, -0.2) is 6.17 Å². The van der Waals surface area contributed by atoms with Gasteiger partial charge in [0.15, 0.2) is 0 Å². The van der Waals surface area contributed by atoms with Crippen molar-refractivity contribution in [2.75, 3.05) is 0 Å². The zero-order valence-electron chi connectivity index (χ0n) is 4.68. The highest BCUT2D eigenvalue weighted by Gasteiger charge is 1.93. The van der Waals surface area contributed by atoms with E-state index in [1.165, 1.54) is 6.08 Å². The Kier molecular flexibility index (Phi) is 4.89. The van der Waals surface area contributed by atoms with Crippen LogP contribution >= 0.6 is 9.24 Å². The Bertz CT molecular complexity index is 88.5. The van der Waals surface area contributed by atoms with Crippen LogP contribution in [0.2, 0.25) is 0 Å². The van der Waals surface area contributed by atoms with E-state index in [4.69, 9.17) is 0 Å². The third kappa shape index (κ3) is 4.01. The van der Waals surface area contributed by atoms with Gasteiger partial charge in [-0.1, -0.05) is 18.0 Å². The molecule has 0 bridgehead atoms. The summed E-state index contributed by atoms with van der Waals surface area (Å²) in [6.45, 7) is 3.40. The van der Waals surface area contributed by atoms with Crippen LogP contribution in [0.5, 0.6) is 0 Å². The predicted octanol–water partition coefficient (Wildman–Crippen LogP) is 2.29. The standard InChI is InChI=1S/C6H10FP/c1-2-3-6(7)4-5-8/h2,4-6H,1,3,8H2/b5-4+. The lowest BCUT2D eigenvalue weighted by Crippen LogP contribution is -1.89. The van der Waals surface area contributed by atoms with Gasteiger partial charge in [0.05, 0.1) is 0 Å². The molecule has 0 aromatic rings. The van der Waals surface area contributed by atoms with Crippen LogP contribution in [0.25, 0.3) is 0 Å². The molecule has 0 radical (unpaired) electrons. The second-order valence-corrected chi connectivity index (χ2v) is 1.81. The minimum absolute atomic E-state index is 0.408. The van der Waals surface area contributed by atoms with E-state index in [0.717, 1.165) is 0 Å². The summed E-state index contributed by atoms with van der Waals surface area (Å²) in [4.78, 5) is 0. The fraction of sp³-hybridized carbons (Fsp3) is 0.333. The molecule has 0 nitrogen and oxygen atoms in total.